The molecule has 0 heterocycles. The number of esters is 1. The second-order valence-electron chi connectivity index (χ2n) is 2.37. The van der Waals surface area contributed by atoms with Crippen LogP contribution in [0.4, 0.5) is 0 Å². The van der Waals surface area contributed by atoms with Crippen molar-refractivity contribution >= 4 is 11.9 Å². The summed E-state index contributed by atoms with van der Waals surface area (Å²) in [5.41, 5.74) is 4.93. The van der Waals surface area contributed by atoms with Crippen molar-refractivity contribution in [3.05, 3.63) is 0 Å². The second kappa shape index (κ2) is 2.28. The molecule has 0 radical (unpaired) electrons. The van der Waals surface area contributed by atoms with Crippen LogP contribution in [0.15, 0.2) is 0 Å². The van der Waals surface area contributed by atoms with Crippen LogP contribution < -0.4 is 5.73 Å². The fourth-order valence-electron chi connectivity index (χ4n) is 0.921. The van der Waals surface area contributed by atoms with Gasteiger partial charge < -0.3 is 10.5 Å². The van der Waals surface area contributed by atoms with Crippen LogP contribution in [0.2, 0.25) is 0 Å². The zero-order chi connectivity index (χ0) is 7.72. The van der Waals surface area contributed by atoms with Crippen molar-refractivity contribution in [1.29, 1.82) is 0 Å². The minimum Gasteiger partial charge on any atom is -0.469 e. The van der Waals surface area contributed by atoms with Crippen LogP contribution in [0.1, 0.15) is 6.42 Å². The summed E-state index contributed by atoms with van der Waals surface area (Å²) < 4.78 is 4.41. The first-order valence-electron chi connectivity index (χ1n) is 3.04. The summed E-state index contributed by atoms with van der Waals surface area (Å²) in [4.78, 5) is 21.1. The lowest BCUT2D eigenvalue weighted by molar-refractivity contribution is -0.143. The van der Waals surface area contributed by atoms with E-state index >= 15 is 0 Å². The van der Waals surface area contributed by atoms with Crippen molar-refractivity contribution in [2.45, 2.75) is 6.42 Å². The molecule has 1 aliphatic rings. The van der Waals surface area contributed by atoms with E-state index in [1.54, 1.807) is 0 Å². The van der Waals surface area contributed by atoms with Gasteiger partial charge in [-0.25, -0.2) is 0 Å². The molecule has 0 aromatic carbocycles. The number of rotatable bonds is 2. The van der Waals surface area contributed by atoms with E-state index in [0.29, 0.717) is 6.42 Å². The lowest BCUT2D eigenvalue weighted by Gasteiger charge is -1.93. The standard InChI is InChI=1S/C6H9NO3/c1-10-6(9)4-2-3(4)5(7)8/h3-4H,2H2,1H3,(H2,7,8)/t3-,4+/m0/s1. The van der Waals surface area contributed by atoms with E-state index in [9.17, 15) is 9.59 Å². The molecule has 10 heavy (non-hydrogen) atoms. The number of hydrogen-bond donors (Lipinski definition) is 1. The van der Waals surface area contributed by atoms with E-state index in [0.717, 1.165) is 0 Å². The zero-order valence-corrected chi connectivity index (χ0v) is 5.66. The van der Waals surface area contributed by atoms with Crippen LogP contribution in [0.5, 0.6) is 0 Å². The van der Waals surface area contributed by atoms with E-state index in [2.05, 4.69) is 4.74 Å². The molecule has 1 fully saturated rings. The van der Waals surface area contributed by atoms with E-state index in [-0.39, 0.29) is 17.8 Å². The number of hydrogen-bond acceptors (Lipinski definition) is 3. The Bertz CT molecular complexity index is 178. The zero-order valence-electron chi connectivity index (χ0n) is 5.66. The Kier molecular flexibility index (Phi) is 1.61. The first-order chi connectivity index (χ1) is 4.66. The summed E-state index contributed by atoms with van der Waals surface area (Å²) in [7, 11) is 1.30. The van der Waals surface area contributed by atoms with E-state index in [1.807, 2.05) is 0 Å². The molecule has 56 valence electrons. The Balaban J connectivity index is 2.38. The quantitative estimate of drug-likeness (QED) is 0.518. The Hall–Kier alpha value is -1.06. The largest absolute Gasteiger partial charge is 0.469 e. The number of carbonyl (C=O) groups is 2. The molecule has 0 aliphatic heterocycles. The average Bonchev–Trinajstić information content (AvgIpc) is 2.64. The topological polar surface area (TPSA) is 69.4 Å². The molecule has 4 heteroatoms. The van der Waals surface area contributed by atoms with Crippen molar-refractivity contribution in [3.8, 4) is 0 Å². The molecular weight excluding hydrogens is 134 g/mol. The summed E-state index contributed by atoms with van der Waals surface area (Å²) in [6, 6.07) is 0. The van der Waals surface area contributed by atoms with Gasteiger partial charge in [-0.3, -0.25) is 9.59 Å². The van der Waals surface area contributed by atoms with Gasteiger partial charge in [0.25, 0.3) is 0 Å². The highest BCUT2D eigenvalue weighted by Gasteiger charge is 2.47. The number of methoxy groups -OCH3 is 1. The third kappa shape index (κ3) is 1.10. The van der Waals surface area contributed by atoms with Crippen molar-refractivity contribution in [2.24, 2.45) is 17.6 Å². The Morgan fingerprint density at radius 2 is 2.10 bits per heavy atom. The molecule has 0 aromatic rings. The van der Waals surface area contributed by atoms with Crippen molar-refractivity contribution < 1.29 is 14.3 Å². The maximum atomic E-state index is 10.7. The van der Waals surface area contributed by atoms with Crippen LogP contribution in [0, 0.1) is 11.8 Å². The van der Waals surface area contributed by atoms with Crippen molar-refractivity contribution in [3.63, 3.8) is 0 Å². The molecular formula is C6H9NO3. The normalized spacial score (nSPS) is 29.3. The van der Waals surface area contributed by atoms with E-state index < -0.39 is 5.91 Å². The second-order valence-corrected chi connectivity index (χ2v) is 2.37. The van der Waals surface area contributed by atoms with Gasteiger partial charge in [0, 0.05) is 0 Å². The van der Waals surface area contributed by atoms with Gasteiger partial charge in [-0.05, 0) is 6.42 Å². The fraction of sp³-hybridized carbons (Fsp3) is 0.667. The SMILES string of the molecule is COC(=O)[C@@H]1C[C@@H]1C(N)=O. The fourth-order valence-corrected chi connectivity index (χ4v) is 0.921. The predicted octanol–water partition coefficient (Wildman–Crippen LogP) is -0.719. The summed E-state index contributed by atoms with van der Waals surface area (Å²) in [6.07, 6.45) is 0.558. The van der Waals surface area contributed by atoms with Crippen molar-refractivity contribution in [1.82, 2.24) is 0 Å². The van der Waals surface area contributed by atoms with Crippen LogP contribution >= 0.6 is 0 Å². The molecule has 2 atom stereocenters. The number of primary amides is 1. The van der Waals surface area contributed by atoms with Crippen LogP contribution in [0.25, 0.3) is 0 Å². The number of carbonyl (C=O) groups excluding carboxylic acids is 2. The lowest BCUT2D eigenvalue weighted by Crippen LogP contribution is -2.17. The molecule has 4 nitrogen and oxygen atoms in total. The number of ether oxygens (including phenoxy) is 1. The number of nitrogens with two attached hydrogens (primary N) is 1. The molecule has 1 saturated carbocycles. The van der Waals surface area contributed by atoms with Gasteiger partial charge in [0.05, 0.1) is 18.9 Å². The average molecular weight is 143 g/mol. The summed E-state index contributed by atoms with van der Waals surface area (Å²) >= 11 is 0. The van der Waals surface area contributed by atoms with Gasteiger partial charge in [0.2, 0.25) is 5.91 Å². The smallest absolute Gasteiger partial charge is 0.309 e. The van der Waals surface area contributed by atoms with Gasteiger partial charge >= 0.3 is 5.97 Å². The van der Waals surface area contributed by atoms with Crippen LogP contribution in [-0.4, -0.2) is 19.0 Å². The molecule has 0 bridgehead atoms. The van der Waals surface area contributed by atoms with E-state index in [4.69, 9.17) is 5.73 Å². The molecule has 2 N–H and O–H groups in total. The first kappa shape index (κ1) is 7.05. The van der Waals surface area contributed by atoms with Gasteiger partial charge in [-0.2, -0.15) is 0 Å². The highest BCUT2D eigenvalue weighted by atomic mass is 16.5. The molecule has 1 aliphatic carbocycles. The Morgan fingerprint density at radius 3 is 2.40 bits per heavy atom. The monoisotopic (exact) mass is 143 g/mol. The number of amides is 1. The third-order valence-electron chi connectivity index (χ3n) is 1.66. The maximum Gasteiger partial charge on any atom is 0.309 e. The maximum absolute atomic E-state index is 10.7. The van der Waals surface area contributed by atoms with Gasteiger partial charge in [0.1, 0.15) is 0 Å². The summed E-state index contributed by atoms with van der Waals surface area (Å²) in [6.45, 7) is 0. The molecule has 1 amide bonds. The first-order valence-corrected chi connectivity index (χ1v) is 3.04. The van der Waals surface area contributed by atoms with Gasteiger partial charge in [-0.1, -0.05) is 0 Å². The molecule has 0 spiro atoms. The van der Waals surface area contributed by atoms with Crippen molar-refractivity contribution in [2.75, 3.05) is 7.11 Å². The highest BCUT2D eigenvalue weighted by molar-refractivity contribution is 5.89. The molecule has 0 aromatic heterocycles. The van der Waals surface area contributed by atoms with Crippen LogP contribution in [-0.2, 0) is 14.3 Å². The minimum absolute atomic E-state index is 0.262. The summed E-state index contributed by atoms with van der Waals surface area (Å²) in [5.74, 6) is -1.27. The Morgan fingerprint density at radius 1 is 1.50 bits per heavy atom. The molecule has 0 saturated heterocycles. The molecule has 1 rings (SSSR count). The Labute approximate surface area is 58.3 Å². The molecule has 0 unspecified atom stereocenters. The predicted molar refractivity (Wildman–Crippen MR) is 32.8 cm³/mol. The minimum atomic E-state index is -0.407. The summed E-state index contributed by atoms with van der Waals surface area (Å²) in [5, 5.41) is 0. The van der Waals surface area contributed by atoms with E-state index in [1.165, 1.54) is 7.11 Å². The third-order valence-corrected chi connectivity index (χ3v) is 1.66. The van der Waals surface area contributed by atoms with Gasteiger partial charge in [0.15, 0.2) is 0 Å². The van der Waals surface area contributed by atoms with Gasteiger partial charge in [-0.15, -0.1) is 0 Å². The lowest BCUT2D eigenvalue weighted by atomic mass is 10.3. The van der Waals surface area contributed by atoms with Crippen LogP contribution in [0.3, 0.4) is 0 Å². The highest BCUT2D eigenvalue weighted by Crippen LogP contribution is 2.38.